The number of carbonyl (C=O) groups excluding carboxylic acids is 2. The third-order valence-electron chi connectivity index (χ3n) is 7.67. The van der Waals surface area contributed by atoms with Gasteiger partial charge < -0.3 is 19.9 Å². The molecule has 3 aliphatic rings. The summed E-state index contributed by atoms with van der Waals surface area (Å²) in [5, 5.41) is 5.22. The van der Waals surface area contributed by atoms with Crippen LogP contribution in [0.4, 0.5) is 23.1 Å². The first-order valence-corrected chi connectivity index (χ1v) is 13.2. The minimum absolute atomic E-state index is 0.0584. The lowest BCUT2D eigenvalue weighted by Gasteiger charge is -2.34. The maximum Gasteiger partial charge on any atom is 0.265 e. The van der Waals surface area contributed by atoms with Crippen molar-refractivity contribution >= 4 is 35.0 Å². The minimum Gasteiger partial charge on any atom is -0.495 e. The van der Waals surface area contributed by atoms with E-state index in [-0.39, 0.29) is 11.8 Å². The van der Waals surface area contributed by atoms with Crippen molar-refractivity contribution in [2.75, 3.05) is 48.9 Å². The molecule has 1 aromatic heterocycles. The third kappa shape index (κ3) is 5.07. The van der Waals surface area contributed by atoms with Crippen molar-refractivity contribution in [1.82, 2.24) is 20.4 Å². The lowest BCUT2D eigenvalue weighted by atomic mass is 9.91. The van der Waals surface area contributed by atoms with Crippen LogP contribution in [0.15, 0.2) is 24.4 Å². The maximum absolute atomic E-state index is 13.2. The first-order chi connectivity index (χ1) is 17.8. The number of carbonyl (C=O) groups is 2. The standard InChI is InChI=1S/C27H37N7O3/c1-27(2)17-34(19-9-5-6-10-19)23-21(32(3)25(27)36)16-28-26(30-23)29-20-12-11-18(15-22(20)37-4)24(35)31-33-13-7-8-14-33/h11-12,15-16,19H,5-10,13-14,17H2,1-4H3,(H,31,35)(H,28,29,30). The number of benzene rings is 1. The Labute approximate surface area is 218 Å². The molecule has 1 aliphatic carbocycles. The van der Waals surface area contributed by atoms with Crippen LogP contribution in [0.5, 0.6) is 5.75 Å². The molecule has 5 rings (SSSR count). The van der Waals surface area contributed by atoms with Crippen molar-refractivity contribution in [3.8, 4) is 5.75 Å². The van der Waals surface area contributed by atoms with Gasteiger partial charge >= 0.3 is 0 Å². The van der Waals surface area contributed by atoms with E-state index in [9.17, 15) is 9.59 Å². The van der Waals surface area contributed by atoms with Crippen molar-refractivity contribution in [3.63, 3.8) is 0 Å². The van der Waals surface area contributed by atoms with Crippen molar-refractivity contribution in [3.05, 3.63) is 30.0 Å². The molecule has 1 aromatic carbocycles. The number of hydrazine groups is 1. The number of ether oxygens (including phenoxy) is 1. The average molecular weight is 508 g/mol. The third-order valence-corrected chi connectivity index (χ3v) is 7.67. The second-order valence-corrected chi connectivity index (χ2v) is 10.9. The van der Waals surface area contributed by atoms with Crippen molar-refractivity contribution in [2.24, 2.45) is 5.41 Å². The van der Waals surface area contributed by atoms with Crippen LogP contribution in [0.1, 0.15) is 62.7 Å². The molecular weight excluding hydrogens is 470 g/mol. The van der Waals surface area contributed by atoms with Crippen LogP contribution >= 0.6 is 0 Å². The zero-order valence-electron chi connectivity index (χ0n) is 22.2. The van der Waals surface area contributed by atoms with Gasteiger partial charge in [-0.3, -0.25) is 15.0 Å². The molecule has 0 unspecified atom stereocenters. The number of hydrogen-bond acceptors (Lipinski definition) is 8. The van der Waals surface area contributed by atoms with Gasteiger partial charge in [0.05, 0.1) is 24.4 Å². The van der Waals surface area contributed by atoms with Crippen LogP contribution < -0.4 is 25.3 Å². The molecule has 2 fully saturated rings. The highest BCUT2D eigenvalue weighted by Gasteiger charge is 2.41. The van der Waals surface area contributed by atoms with E-state index < -0.39 is 5.41 Å². The van der Waals surface area contributed by atoms with Gasteiger partial charge in [0.15, 0.2) is 5.82 Å². The summed E-state index contributed by atoms with van der Waals surface area (Å²) in [5.74, 6) is 1.61. The van der Waals surface area contributed by atoms with Gasteiger partial charge in [-0.05, 0) is 57.7 Å². The van der Waals surface area contributed by atoms with Gasteiger partial charge in [0.25, 0.3) is 5.91 Å². The van der Waals surface area contributed by atoms with Gasteiger partial charge in [-0.25, -0.2) is 9.99 Å². The zero-order valence-corrected chi connectivity index (χ0v) is 22.2. The molecule has 2 aliphatic heterocycles. The Morgan fingerprint density at radius 1 is 1.14 bits per heavy atom. The van der Waals surface area contributed by atoms with E-state index >= 15 is 0 Å². The molecule has 0 spiro atoms. The Hall–Kier alpha value is -3.40. The van der Waals surface area contributed by atoms with Gasteiger partial charge in [-0.1, -0.05) is 12.8 Å². The molecule has 0 bridgehead atoms. The van der Waals surface area contributed by atoms with E-state index in [0.29, 0.717) is 41.2 Å². The number of nitrogens with zero attached hydrogens (tertiary/aromatic N) is 5. The normalized spacial score (nSPS) is 20.1. The highest BCUT2D eigenvalue weighted by Crippen LogP contribution is 2.40. The highest BCUT2D eigenvalue weighted by molar-refractivity contribution is 6.01. The Bertz CT molecular complexity index is 1170. The van der Waals surface area contributed by atoms with E-state index in [1.165, 1.54) is 12.8 Å². The molecule has 3 heterocycles. The van der Waals surface area contributed by atoms with Crippen molar-refractivity contribution < 1.29 is 14.3 Å². The number of fused-ring (bicyclic) bond motifs is 1. The molecule has 2 N–H and O–H groups in total. The number of methoxy groups -OCH3 is 1. The summed E-state index contributed by atoms with van der Waals surface area (Å²) in [4.78, 5) is 39.4. The molecule has 1 saturated carbocycles. The summed E-state index contributed by atoms with van der Waals surface area (Å²) in [5.41, 5.74) is 4.31. The molecular formula is C27H37N7O3. The largest absolute Gasteiger partial charge is 0.495 e. The molecule has 1 saturated heterocycles. The summed E-state index contributed by atoms with van der Waals surface area (Å²) >= 11 is 0. The van der Waals surface area contributed by atoms with Crippen LogP contribution in [-0.4, -0.2) is 66.6 Å². The second kappa shape index (κ2) is 10.2. The smallest absolute Gasteiger partial charge is 0.265 e. The Morgan fingerprint density at radius 3 is 2.57 bits per heavy atom. The number of rotatable bonds is 6. The van der Waals surface area contributed by atoms with E-state index in [0.717, 1.165) is 44.6 Å². The summed E-state index contributed by atoms with van der Waals surface area (Å²) in [6.45, 7) is 6.34. The number of hydrogen-bond donors (Lipinski definition) is 2. The second-order valence-electron chi connectivity index (χ2n) is 10.9. The molecule has 10 heteroatoms. The summed E-state index contributed by atoms with van der Waals surface area (Å²) < 4.78 is 5.60. The zero-order chi connectivity index (χ0) is 26.2. The van der Waals surface area contributed by atoms with Crippen LogP contribution in [0, 0.1) is 5.41 Å². The van der Waals surface area contributed by atoms with Crippen molar-refractivity contribution in [2.45, 2.75) is 58.4 Å². The van der Waals surface area contributed by atoms with Crippen LogP contribution in [0.3, 0.4) is 0 Å². The average Bonchev–Trinajstić information content (AvgIpc) is 3.60. The van der Waals surface area contributed by atoms with Crippen molar-refractivity contribution in [1.29, 1.82) is 0 Å². The quantitative estimate of drug-likeness (QED) is 0.610. The molecule has 2 amide bonds. The molecule has 198 valence electrons. The van der Waals surface area contributed by atoms with Gasteiger partial charge in [0.1, 0.15) is 11.4 Å². The minimum atomic E-state index is -0.541. The Morgan fingerprint density at radius 2 is 1.86 bits per heavy atom. The van der Waals surface area contributed by atoms with E-state index in [1.807, 2.05) is 18.9 Å². The summed E-state index contributed by atoms with van der Waals surface area (Å²) in [6.07, 6.45) is 8.46. The summed E-state index contributed by atoms with van der Waals surface area (Å²) in [6, 6.07) is 5.64. The Kier molecular flexibility index (Phi) is 6.94. The molecule has 0 radical (unpaired) electrons. The number of nitrogens with one attached hydrogen (secondary N) is 2. The predicted molar refractivity (Wildman–Crippen MR) is 143 cm³/mol. The molecule has 2 aromatic rings. The van der Waals surface area contributed by atoms with E-state index in [4.69, 9.17) is 9.72 Å². The Balaban J connectivity index is 1.43. The fourth-order valence-corrected chi connectivity index (χ4v) is 5.62. The molecule has 37 heavy (non-hydrogen) atoms. The van der Waals surface area contributed by atoms with Crippen LogP contribution in [0.2, 0.25) is 0 Å². The summed E-state index contributed by atoms with van der Waals surface area (Å²) in [7, 11) is 3.37. The molecule has 0 atom stereocenters. The SMILES string of the molecule is COc1cc(C(=O)NN2CCCC2)ccc1Nc1ncc2c(n1)N(C1CCCC1)CC(C)(C)C(=O)N2C. The predicted octanol–water partition coefficient (Wildman–Crippen LogP) is 3.72. The van der Waals surface area contributed by atoms with E-state index in [1.54, 1.807) is 43.5 Å². The van der Waals surface area contributed by atoms with Gasteiger partial charge in [-0.2, -0.15) is 4.98 Å². The number of aromatic nitrogens is 2. The molecule has 10 nitrogen and oxygen atoms in total. The number of amides is 2. The maximum atomic E-state index is 13.2. The highest BCUT2D eigenvalue weighted by atomic mass is 16.5. The topological polar surface area (TPSA) is 103 Å². The number of anilines is 4. The monoisotopic (exact) mass is 507 g/mol. The van der Waals surface area contributed by atoms with Gasteiger partial charge in [0.2, 0.25) is 11.9 Å². The lowest BCUT2D eigenvalue weighted by Crippen LogP contribution is -2.45. The van der Waals surface area contributed by atoms with Crippen LogP contribution in [-0.2, 0) is 4.79 Å². The first kappa shape index (κ1) is 25.3. The van der Waals surface area contributed by atoms with Gasteiger partial charge in [0, 0.05) is 38.3 Å². The first-order valence-electron chi connectivity index (χ1n) is 13.2. The fraction of sp³-hybridized carbons (Fsp3) is 0.556. The lowest BCUT2D eigenvalue weighted by molar-refractivity contribution is -0.125. The fourth-order valence-electron chi connectivity index (χ4n) is 5.62. The van der Waals surface area contributed by atoms with Gasteiger partial charge in [-0.15, -0.1) is 0 Å². The van der Waals surface area contributed by atoms with Crippen LogP contribution in [0.25, 0.3) is 0 Å². The van der Waals surface area contributed by atoms with E-state index in [2.05, 4.69) is 20.6 Å².